The fraction of sp³-hybridized carbons (Fsp3) is 0.0588. The van der Waals surface area contributed by atoms with Crippen LogP contribution in [0.3, 0.4) is 0 Å². The highest BCUT2D eigenvalue weighted by Gasteiger charge is 2.33. The van der Waals surface area contributed by atoms with Gasteiger partial charge in [-0.1, -0.05) is 0 Å². The molecule has 0 fully saturated rings. The number of pyridine rings is 1. The minimum atomic E-state index is -4.61. The van der Waals surface area contributed by atoms with Crippen molar-refractivity contribution in [3.63, 3.8) is 0 Å². The molecule has 26 heavy (non-hydrogen) atoms. The van der Waals surface area contributed by atoms with Gasteiger partial charge in [-0.2, -0.15) is 22.8 Å². The summed E-state index contributed by atoms with van der Waals surface area (Å²) in [6.45, 7) is 0. The Morgan fingerprint density at radius 1 is 0.923 bits per heavy atom. The lowest BCUT2D eigenvalue weighted by atomic mass is 10.0. The molecule has 0 saturated carbocycles. The van der Waals surface area contributed by atoms with Gasteiger partial charge in [-0.25, -0.2) is 14.4 Å². The van der Waals surface area contributed by atoms with Gasteiger partial charge in [0.2, 0.25) is 0 Å². The Morgan fingerprint density at radius 2 is 1.69 bits per heavy atom. The van der Waals surface area contributed by atoms with E-state index < -0.39 is 17.7 Å². The molecule has 4 rings (SSSR count). The molecule has 0 amide bonds. The Hall–Kier alpha value is -3.36. The summed E-state index contributed by atoms with van der Waals surface area (Å²) < 4.78 is 53.6. The molecule has 9 heteroatoms. The number of rotatable bonds is 2. The fourth-order valence-corrected chi connectivity index (χ4v) is 2.55. The van der Waals surface area contributed by atoms with Crippen LogP contribution in [0.2, 0.25) is 0 Å². The zero-order valence-corrected chi connectivity index (χ0v) is 12.9. The number of halogens is 4. The highest BCUT2D eigenvalue weighted by molar-refractivity contribution is 5.72. The Kier molecular flexibility index (Phi) is 3.64. The van der Waals surface area contributed by atoms with E-state index in [1.807, 2.05) is 0 Å². The number of hydrogen-bond acceptors (Lipinski definition) is 4. The van der Waals surface area contributed by atoms with Gasteiger partial charge in [0, 0.05) is 23.5 Å². The third kappa shape index (κ3) is 2.77. The third-order valence-corrected chi connectivity index (χ3v) is 3.78. The summed E-state index contributed by atoms with van der Waals surface area (Å²) in [5.74, 6) is -0.621. The summed E-state index contributed by atoms with van der Waals surface area (Å²) in [5.41, 5.74) is 0.772. The first-order chi connectivity index (χ1) is 12.4. The standard InChI is InChI=1S/C17H9F4N5/c18-13-2-1-11(7-12(13)10-3-5-22-6-4-10)14-8-23-16-25-15(17(19,20)21)9-24-26(14)16/h1-9H. The molecule has 1 aromatic carbocycles. The maximum atomic E-state index is 14.2. The lowest BCUT2D eigenvalue weighted by molar-refractivity contribution is -0.141. The molecule has 3 heterocycles. The molecule has 0 atom stereocenters. The van der Waals surface area contributed by atoms with Crippen molar-refractivity contribution < 1.29 is 17.6 Å². The van der Waals surface area contributed by atoms with Crippen molar-refractivity contribution in [2.75, 3.05) is 0 Å². The van der Waals surface area contributed by atoms with Crippen LogP contribution in [-0.2, 0) is 6.18 Å². The molecule has 0 unspecified atom stereocenters. The molecule has 0 spiro atoms. The highest BCUT2D eigenvalue weighted by atomic mass is 19.4. The van der Waals surface area contributed by atoms with Crippen LogP contribution in [0.4, 0.5) is 17.6 Å². The van der Waals surface area contributed by atoms with Gasteiger partial charge in [0.05, 0.1) is 18.1 Å². The Bertz CT molecular complexity index is 1090. The Balaban J connectivity index is 1.84. The van der Waals surface area contributed by atoms with Crippen molar-refractivity contribution in [1.82, 2.24) is 24.6 Å². The number of aromatic nitrogens is 5. The van der Waals surface area contributed by atoms with Gasteiger partial charge in [0.15, 0.2) is 5.69 Å². The summed E-state index contributed by atoms with van der Waals surface area (Å²) in [7, 11) is 0. The highest BCUT2D eigenvalue weighted by Crippen LogP contribution is 2.30. The topological polar surface area (TPSA) is 56.0 Å². The van der Waals surface area contributed by atoms with Gasteiger partial charge in [0.25, 0.3) is 5.78 Å². The first-order valence-electron chi connectivity index (χ1n) is 7.42. The quantitative estimate of drug-likeness (QED) is 0.508. The molecule has 130 valence electrons. The van der Waals surface area contributed by atoms with Crippen molar-refractivity contribution in [3.8, 4) is 22.4 Å². The molecule has 0 radical (unpaired) electrons. The minimum Gasteiger partial charge on any atom is -0.265 e. The molecule has 5 nitrogen and oxygen atoms in total. The summed E-state index contributed by atoms with van der Waals surface area (Å²) in [6.07, 6.45) is 0.454. The van der Waals surface area contributed by atoms with Crippen LogP contribution in [0, 0.1) is 5.82 Å². The van der Waals surface area contributed by atoms with E-state index in [-0.39, 0.29) is 5.78 Å². The van der Waals surface area contributed by atoms with E-state index in [9.17, 15) is 17.6 Å². The number of nitrogens with zero attached hydrogens (tertiary/aromatic N) is 5. The SMILES string of the molecule is Fc1ccc(-c2cnc3nc(C(F)(F)F)cnn23)cc1-c1ccncc1. The van der Waals surface area contributed by atoms with E-state index in [1.54, 1.807) is 30.6 Å². The first-order valence-corrected chi connectivity index (χ1v) is 7.42. The third-order valence-electron chi connectivity index (χ3n) is 3.78. The molecular formula is C17H9F4N5. The van der Waals surface area contributed by atoms with E-state index >= 15 is 0 Å². The van der Waals surface area contributed by atoms with E-state index in [4.69, 9.17) is 0 Å². The van der Waals surface area contributed by atoms with Crippen LogP contribution in [0.15, 0.2) is 55.1 Å². The molecule has 0 aliphatic rings. The van der Waals surface area contributed by atoms with Gasteiger partial charge in [-0.3, -0.25) is 4.98 Å². The predicted octanol–water partition coefficient (Wildman–Crippen LogP) is 4.01. The molecule has 0 aliphatic heterocycles. The van der Waals surface area contributed by atoms with Crippen molar-refractivity contribution >= 4 is 5.78 Å². The van der Waals surface area contributed by atoms with Crippen LogP contribution < -0.4 is 0 Å². The number of hydrogen-bond donors (Lipinski definition) is 0. The molecule has 3 aromatic heterocycles. The minimum absolute atomic E-state index is 0.190. The van der Waals surface area contributed by atoms with Gasteiger partial charge in [-0.05, 0) is 35.9 Å². The summed E-state index contributed by atoms with van der Waals surface area (Å²) in [6, 6.07) is 7.68. The summed E-state index contributed by atoms with van der Waals surface area (Å²) in [5, 5.41) is 3.78. The second-order valence-corrected chi connectivity index (χ2v) is 5.43. The largest absolute Gasteiger partial charge is 0.435 e. The van der Waals surface area contributed by atoms with Crippen molar-refractivity contribution in [3.05, 3.63) is 66.6 Å². The lowest BCUT2D eigenvalue weighted by Gasteiger charge is -2.08. The number of alkyl halides is 3. The van der Waals surface area contributed by atoms with Crippen molar-refractivity contribution in [2.24, 2.45) is 0 Å². The zero-order chi connectivity index (χ0) is 18.3. The maximum absolute atomic E-state index is 14.2. The van der Waals surface area contributed by atoms with Crippen LogP contribution in [0.5, 0.6) is 0 Å². The van der Waals surface area contributed by atoms with Gasteiger partial charge < -0.3 is 0 Å². The first kappa shape index (κ1) is 16.1. The second kappa shape index (κ2) is 5.87. The smallest absolute Gasteiger partial charge is 0.265 e. The lowest BCUT2D eigenvalue weighted by Crippen LogP contribution is -2.11. The molecular weight excluding hydrogens is 350 g/mol. The van der Waals surface area contributed by atoms with E-state index in [2.05, 4.69) is 20.1 Å². The predicted molar refractivity (Wildman–Crippen MR) is 84.4 cm³/mol. The molecule has 0 N–H and O–H groups in total. The Labute approximate surface area is 144 Å². The van der Waals surface area contributed by atoms with Crippen molar-refractivity contribution in [2.45, 2.75) is 6.18 Å². The number of fused-ring (bicyclic) bond motifs is 1. The van der Waals surface area contributed by atoms with Crippen LogP contribution in [0.1, 0.15) is 5.69 Å². The fourth-order valence-electron chi connectivity index (χ4n) is 2.55. The zero-order valence-electron chi connectivity index (χ0n) is 12.9. The van der Waals surface area contributed by atoms with Gasteiger partial charge >= 0.3 is 6.18 Å². The molecule has 0 saturated heterocycles. The average Bonchev–Trinajstić information content (AvgIpc) is 3.05. The van der Waals surface area contributed by atoms with Gasteiger partial charge in [-0.15, -0.1) is 0 Å². The summed E-state index contributed by atoms with van der Waals surface area (Å²) in [4.78, 5) is 11.2. The van der Waals surface area contributed by atoms with Crippen molar-refractivity contribution in [1.29, 1.82) is 0 Å². The van der Waals surface area contributed by atoms with Crippen LogP contribution >= 0.6 is 0 Å². The molecule has 0 bridgehead atoms. The van der Waals surface area contributed by atoms with Crippen LogP contribution in [0.25, 0.3) is 28.2 Å². The molecule has 0 aliphatic carbocycles. The van der Waals surface area contributed by atoms with Crippen LogP contribution in [-0.4, -0.2) is 24.6 Å². The second-order valence-electron chi connectivity index (χ2n) is 5.43. The summed E-state index contributed by atoms with van der Waals surface area (Å²) >= 11 is 0. The number of benzene rings is 1. The number of imidazole rings is 1. The van der Waals surface area contributed by atoms with Gasteiger partial charge in [0.1, 0.15) is 5.82 Å². The average molecular weight is 359 g/mol. The maximum Gasteiger partial charge on any atom is 0.435 e. The van der Waals surface area contributed by atoms with E-state index in [1.165, 1.54) is 22.8 Å². The van der Waals surface area contributed by atoms with E-state index in [0.29, 0.717) is 28.6 Å². The monoisotopic (exact) mass is 359 g/mol. The molecule has 4 aromatic rings. The normalized spacial score (nSPS) is 11.8. The Morgan fingerprint density at radius 3 is 2.42 bits per heavy atom. The van der Waals surface area contributed by atoms with E-state index in [0.717, 1.165) is 0 Å².